The maximum Gasteiger partial charge on any atom is 0.222 e. The number of hydrogen-bond donors (Lipinski definition) is 0. The van der Waals surface area contributed by atoms with Gasteiger partial charge in [0.2, 0.25) is 5.91 Å². The molecule has 2 aliphatic heterocycles. The fraction of sp³-hybridized carbons (Fsp3) is 0.737. The van der Waals surface area contributed by atoms with Crippen molar-refractivity contribution in [2.24, 2.45) is 5.92 Å². The van der Waals surface area contributed by atoms with Gasteiger partial charge < -0.3 is 14.5 Å². The molecule has 0 spiro atoms. The average molecular weight is 346 g/mol. The molecular weight excluding hydrogens is 316 g/mol. The van der Waals surface area contributed by atoms with Crippen molar-refractivity contribution in [3.63, 3.8) is 0 Å². The van der Waals surface area contributed by atoms with Gasteiger partial charge in [-0.15, -0.1) is 5.10 Å². The SMILES string of the molecule is CN(c1cccnn1)C1CCN(C(=O)CCCC2CCOCC2)CC1. The first-order chi connectivity index (χ1) is 12.2. The largest absolute Gasteiger partial charge is 0.381 e. The number of hydrogen-bond acceptors (Lipinski definition) is 5. The van der Waals surface area contributed by atoms with Crippen molar-refractivity contribution in [2.45, 2.75) is 51.0 Å². The number of carbonyl (C=O) groups is 1. The Labute approximate surface area is 150 Å². The van der Waals surface area contributed by atoms with E-state index in [0.29, 0.717) is 18.4 Å². The quantitative estimate of drug-likeness (QED) is 0.792. The number of aromatic nitrogens is 2. The third kappa shape index (κ3) is 5.14. The number of likely N-dealkylation sites (tertiary alicyclic amines) is 1. The van der Waals surface area contributed by atoms with Gasteiger partial charge in [-0.25, -0.2) is 0 Å². The highest BCUT2D eigenvalue weighted by Crippen LogP contribution is 2.23. The molecule has 0 N–H and O–H groups in total. The van der Waals surface area contributed by atoms with E-state index in [4.69, 9.17) is 4.74 Å². The number of ether oxygens (including phenoxy) is 1. The zero-order valence-corrected chi connectivity index (χ0v) is 15.3. The minimum Gasteiger partial charge on any atom is -0.381 e. The smallest absolute Gasteiger partial charge is 0.222 e. The Hall–Kier alpha value is -1.69. The van der Waals surface area contributed by atoms with E-state index >= 15 is 0 Å². The van der Waals surface area contributed by atoms with E-state index in [1.165, 1.54) is 6.42 Å². The molecule has 0 atom stereocenters. The summed E-state index contributed by atoms with van der Waals surface area (Å²) in [6, 6.07) is 4.33. The van der Waals surface area contributed by atoms with Crippen LogP contribution in [0.2, 0.25) is 0 Å². The molecule has 0 saturated carbocycles. The zero-order valence-electron chi connectivity index (χ0n) is 15.3. The van der Waals surface area contributed by atoms with Crippen LogP contribution in [0.4, 0.5) is 5.82 Å². The van der Waals surface area contributed by atoms with Gasteiger partial charge in [0.15, 0.2) is 5.82 Å². The van der Waals surface area contributed by atoms with Crippen LogP contribution in [0.1, 0.15) is 44.9 Å². The van der Waals surface area contributed by atoms with Crippen molar-refractivity contribution in [3.8, 4) is 0 Å². The molecule has 25 heavy (non-hydrogen) atoms. The lowest BCUT2D eigenvalue weighted by Crippen LogP contribution is -2.45. The molecule has 138 valence electrons. The Balaban J connectivity index is 1.37. The highest BCUT2D eigenvalue weighted by Gasteiger charge is 2.26. The van der Waals surface area contributed by atoms with E-state index < -0.39 is 0 Å². The number of nitrogens with zero attached hydrogens (tertiary/aromatic N) is 4. The number of piperidine rings is 1. The van der Waals surface area contributed by atoms with Gasteiger partial charge in [0.1, 0.15) is 0 Å². The van der Waals surface area contributed by atoms with Crippen LogP contribution >= 0.6 is 0 Å². The molecule has 0 unspecified atom stereocenters. The van der Waals surface area contributed by atoms with Gasteiger partial charge in [0, 0.05) is 52.0 Å². The lowest BCUT2D eigenvalue weighted by molar-refractivity contribution is -0.132. The zero-order chi connectivity index (χ0) is 17.5. The summed E-state index contributed by atoms with van der Waals surface area (Å²) in [4.78, 5) is 16.7. The van der Waals surface area contributed by atoms with Gasteiger partial charge in [0.25, 0.3) is 0 Å². The van der Waals surface area contributed by atoms with Gasteiger partial charge in [-0.2, -0.15) is 5.10 Å². The van der Waals surface area contributed by atoms with Gasteiger partial charge in [0.05, 0.1) is 0 Å². The molecule has 2 fully saturated rings. The molecule has 2 saturated heterocycles. The van der Waals surface area contributed by atoms with E-state index in [0.717, 1.165) is 70.1 Å². The lowest BCUT2D eigenvalue weighted by atomic mass is 9.94. The van der Waals surface area contributed by atoms with Crippen molar-refractivity contribution >= 4 is 11.7 Å². The topological polar surface area (TPSA) is 58.6 Å². The molecule has 6 nitrogen and oxygen atoms in total. The van der Waals surface area contributed by atoms with E-state index in [9.17, 15) is 4.79 Å². The second kappa shape index (κ2) is 9.13. The number of amides is 1. The average Bonchev–Trinajstić information content (AvgIpc) is 2.69. The molecule has 0 aliphatic carbocycles. The first-order valence-corrected chi connectivity index (χ1v) is 9.60. The minimum absolute atomic E-state index is 0.327. The standard InChI is InChI=1S/C19H30N4O2/c1-22(18-5-3-11-20-21-18)17-7-12-23(13-8-17)19(24)6-2-4-16-9-14-25-15-10-16/h3,5,11,16-17H,2,4,6-10,12-15H2,1H3. The number of anilines is 1. The maximum absolute atomic E-state index is 12.5. The Morgan fingerprint density at radius 2 is 2.04 bits per heavy atom. The Kier molecular flexibility index (Phi) is 6.62. The van der Waals surface area contributed by atoms with Gasteiger partial charge in [-0.1, -0.05) is 0 Å². The molecule has 3 heterocycles. The van der Waals surface area contributed by atoms with Crippen LogP contribution in [0.3, 0.4) is 0 Å². The van der Waals surface area contributed by atoms with Crippen LogP contribution in [0.5, 0.6) is 0 Å². The second-order valence-corrected chi connectivity index (χ2v) is 7.25. The van der Waals surface area contributed by atoms with Crippen LogP contribution in [0.25, 0.3) is 0 Å². The molecular formula is C19H30N4O2. The molecule has 1 aromatic heterocycles. The van der Waals surface area contributed by atoms with E-state index in [2.05, 4.69) is 22.1 Å². The predicted molar refractivity (Wildman–Crippen MR) is 97.4 cm³/mol. The molecule has 6 heteroatoms. The lowest BCUT2D eigenvalue weighted by Gasteiger charge is -2.37. The summed E-state index contributed by atoms with van der Waals surface area (Å²) >= 11 is 0. The highest BCUT2D eigenvalue weighted by atomic mass is 16.5. The molecule has 0 bridgehead atoms. The van der Waals surface area contributed by atoms with Crippen LogP contribution in [0.15, 0.2) is 18.3 Å². The van der Waals surface area contributed by atoms with Crippen molar-refractivity contribution in [1.29, 1.82) is 0 Å². The molecule has 3 rings (SSSR count). The highest BCUT2D eigenvalue weighted by molar-refractivity contribution is 5.76. The van der Waals surface area contributed by atoms with Crippen molar-refractivity contribution in [1.82, 2.24) is 15.1 Å². The first-order valence-electron chi connectivity index (χ1n) is 9.60. The summed E-state index contributed by atoms with van der Waals surface area (Å²) < 4.78 is 5.40. The van der Waals surface area contributed by atoms with Crippen molar-refractivity contribution < 1.29 is 9.53 Å². The first kappa shape index (κ1) is 18.1. The van der Waals surface area contributed by atoms with E-state index in [1.54, 1.807) is 6.20 Å². The fourth-order valence-electron chi connectivity index (χ4n) is 3.91. The van der Waals surface area contributed by atoms with Crippen LogP contribution in [-0.4, -0.2) is 60.4 Å². The van der Waals surface area contributed by atoms with Crippen molar-refractivity contribution in [3.05, 3.63) is 18.3 Å². The third-order valence-corrected chi connectivity index (χ3v) is 5.63. The summed E-state index contributed by atoms with van der Waals surface area (Å²) in [6.07, 6.45) is 8.89. The molecule has 1 aromatic rings. The summed E-state index contributed by atoms with van der Waals surface area (Å²) in [5.41, 5.74) is 0. The Morgan fingerprint density at radius 1 is 1.28 bits per heavy atom. The molecule has 0 radical (unpaired) electrons. The molecule has 2 aliphatic rings. The van der Waals surface area contributed by atoms with E-state index in [-0.39, 0.29) is 0 Å². The van der Waals surface area contributed by atoms with Crippen LogP contribution in [0, 0.1) is 5.92 Å². The van der Waals surface area contributed by atoms with Crippen molar-refractivity contribution in [2.75, 3.05) is 38.3 Å². The van der Waals surface area contributed by atoms with Gasteiger partial charge >= 0.3 is 0 Å². The molecule has 1 amide bonds. The van der Waals surface area contributed by atoms with Gasteiger partial charge in [-0.3, -0.25) is 4.79 Å². The Bertz CT molecular complexity index is 525. The number of carbonyl (C=O) groups excluding carboxylic acids is 1. The predicted octanol–water partition coefficient (Wildman–Crippen LogP) is 2.50. The molecule has 0 aromatic carbocycles. The summed E-state index contributed by atoms with van der Waals surface area (Å²) in [5, 5.41) is 8.13. The van der Waals surface area contributed by atoms with Gasteiger partial charge in [-0.05, 0) is 56.6 Å². The maximum atomic E-state index is 12.5. The number of rotatable bonds is 6. The monoisotopic (exact) mass is 346 g/mol. The Morgan fingerprint density at radius 3 is 2.72 bits per heavy atom. The summed E-state index contributed by atoms with van der Waals surface area (Å²) in [5.74, 6) is 1.99. The second-order valence-electron chi connectivity index (χ2n) is 7.25. The van der Waals surface area contributed by atoms with E-state index in [1.807, 2.05) is 17.0 Å². The summed E-state index contributed by atoms with van der Waals surface area (Å²) in [6.45, 7) is 3.49. The normalized spacial score (nSPS) is 19.8. The third-order valence-electron chi connectivity index (χ3n) is 5.63. The fourth-order valence-corrected chi connectivity index (χ4v) is 3.91. The minimum atomic E-state index is 0.327. The summed E-state index contributed by atoms with van der Waals surface area (Å²) in [7, 11) is 2.07. The van der Waals surface area contributed by atoms with Crippen LogP contribution in [-0.2, 0) is 9.53 Å². The van der Waals surface area contributed by atoms with Crippen LogP contribution < -0.4 is 4.90 Å².